The third kappa shape index (κ3) is 10.6. The van der Waals surface area contributed by atoms with E-state index in [1.54, 1.807) is 25.0 Å². The van der Waals surface area contributed by atoms with Crippen LogP contribution in [0.25, 0.3) is 0 Å². The fourth-order valence-corrected chi connectivity index (χ4v) is 6.82. The largest absolute Gasteiger partial charge is 0.496 e. The lowest BCUT2D eigenvalue weighted by Crippen LogP contribution is -2.60. The predicted molar refractivity (Wildman–Crippen MR) is 195 cm³/mol. The molecule has 5 rings (SSSR count). The second-order valence-electron chi connectivity index (χ2n) is 14.3. The summed E-state index contributed by atoms with van der Waals surface area (Å²) in [4.78, 5) is 62.5. The van der Waals surface area contributed by atoms with Crippen LogP contribution in [0.2, 0.25) is 0 Å². The lowest BCUT2D eigenvalue weighted by Gasteiger charge is -2.38. The van der Waals surface area contributed by atoms with Crippen LogP contribution in [0.4, 0.5) is 0 Å². The Labute approximate surface area is 310 Å². The number of benzene rings is 2. The van der Waals surface area contributed by atoms with Gasteiger partial charge < -0.3 is 35.4 Å². The molecule has 0 spiro atoms. The van der Waals surface area contributed by atoms with E-state index < -0.39 is 60.0 Å². The molecule has 4 N–H and O–H groups in total. The average molecular weight is 733 g/mol. The molecule has 0 radical (unpaired) electrons. The molecule has 53 heavy (non-hydrogen) atoms. The lowest BCUT2D eigenvalue weighted by atomic mass is 9.97. The summed E-state index contributed by atoms with van der Waals surface area (Å²) < 4.78 is 13.4. The number of carbonyl (C=O) groups excluding carboxylic acids is 4. The van der Waals surface area contributed by atoms with Crippen LogP contribution in [-0.4, -0.2) is 124 Å². The molecule has 0 unspecified atom stereocenters. The smallest absolute Gasteiger partial charge is 0.245 e. The van der Waals surface area contributed by atoms with Crippen LogP contribution in [0.1, 0.15) is 50.3 Å². The van der Waals surface area contributed by atoms with Gasteiger partial charge in [-0.2, -0.15) is 5.10 Å². The summed E-state index contributed by atoms with van der Waals surface area (Å²) in [5.41, 5.74) is 2.56. The number of aliphatic hydroxyl groups excluding tert-OH is 1. The topological polar surface area (TPSA) is 180 Å². The Bertz CT molecular complexity index is 1690. The van der Waals surface area contributed by atoms with E-state index in [9.17, 15) is 24.3 Å². The molecule has 0 saturated carbocycles. The summed E-state index contributed by atoms with van der Waals surface area (Å²) in [6.45, 7) is 6.50. The Balaban J connectivity index is 1.47. The highest BCUT2D eigenvalue weighted by molar-refractivity contribution is 5.94. The summed E-state index contributed by atoms with van der Waals surface area (Å²) >= 11 is 0. The molecular formula is C38H52N8O7. The number of likely N-dealkylation sites (N-methyl/N-ethyl adjacent to an activating group) is 1. The first-order chi connectivity index (χ1) is 25.4. The van der Waals surface area contributed by atoms with Crippen molar-refractivity contribution in [3.05, 3.63) is 77.9 Å². The van der Waals surface area contributed by atoms with Crippen LogP contribution in [0, 0.1) is 5.92 Å². The second-order valence-corrected chi connectivity index (χ2v) is 14.3. The van der Waals surface area contributed by atoms with Crippen LogP contribution in [-0.2, 0) is 43.4 Å². The van der Waals surface area contributed by atoms with E-state index in [1.165, 1.54) is 18.3 Å². The Morgan fingerprint density at radius 3 is 2.45 bits per heavy atom. The normalized spacial score (nSPS) is 25.4. The number of ether oxygens (including phenoxy) is 2. The summed E-state index contributed by atoms with van der Waals surface area (Å²) in [7, 11) is 3.12. The maximum Gasteiger partial charge on any atom is 0.245 e. The molecule has 0 aliphatic carbocycles. The van der Waals surface area contributed by atoms with Gasteiger partial charge in [0.25, 0.3) is 0 Å². The van der Waals surface area contributed by atoms with Gasteiger partial charge >= 0.3 is 0 Å². The quantitative estimate of drug-likeness (QED) is 0.247. The van der Waals surface area contributed by atoms with Crippen molar-refractivity contribution in [1.29, 1.82) is 0 Å². The number of methoxy groups -OCH3 is 1. The number of rotatable bonds is 9. The molecular weight excluding hydrogens is 680 g/mol. The van der Waals surface area contributed by atoms with Crippen molar-refractivity contribution in [3.63, 3.8) is 0 Å². The number of nitrogens with zero attached hydrogens (tertiary/aromatic N) is 5. The first-order valence-electron chi connectivity index (χ1n) is 18.1. The average Bonchev–Trinajstić information content (AvgIpc) is 3.65. The van der Waals surface area contributed by atoms with E-state index in [2.05, 4.69) is 26.0 Å². The number of fused-ring (bicyclic) bond motifs is 2. The minimum atomic E-state index is -1.11. The number of carbonyl (C=O) groups is 4. The maximum absolute atomic E-state index is 13.9. The van der Waals surface area contributed by atoms with Gasteiger partial charge in [0.2, 0.25) is 23.6 Å². The standard InChI is InChI=1S/C38H52N8O7/c1-24(2)15-31-38(51)44(4)25(3)36(49)43-30(17-26-9-7-6-8-10-26)37(50)42-29-13-14-53-33(35(29)48)20-45(21-34(47)41-31)18-27-11-12-32(52-5)28(16-27)19-46-23-39-22-40-46/h6-12,16,22-25,29-31,33,35,48H,13-15,17-21H2,1-5H3,(H,41,47)(H,42,50)(H,43,49)/t25-,29-,30-,31+,33+,35-/m0/s1. The summed E-state index contributed by atoms with van der Waals surface area (Å²) in [6, 6.07) is 11.5. The number of hydrogen-bond donors (Lipinski definition) is 4. The highest BCUT2D eigenvalue weighted by Gasteiger charge is 2.38. The molecule has 2 saturated heterocycles. The Kier molecular flexibility index (Phi) is 13.6. The first-order valence-corrected chi connectivity index (χ1v) is 18.1. The summed E-state index contributed by atoms with van der Waals surface area (Å²) in [5.74, 6) is -1.07. The molecule has 2 fully saturated rings. The fraction of sp³-hybridized carbons (Fsp3) is 0.526. The zero-order valence-corrected chi connectivity index (χ0v) is 31.1. The van der Waals surface area contributed by atoms with Crippen molar-refractivity contribution in [2.75, 3.05) is 33.9 Å². The molecule has 1 aromatic heterocycles. The van der Waals surface area contributed by atoms with Gasteiger partial charge in [0.05, 0.1) is 32.3 Å². The van der Waals surface area contributed by atoms with E-state index in [4.69, 9.17) is 9.47 Å². The van der Waals surface area contributed by atoms with E-state index in [-0.39, 0.29) is 32.0 Å². The molecule has 2 aliphatic rings. The molecule has 6 atom stereocenters. The molecule has 15 nitrogen and oxygen atoms in total. The summed E-state index contributed by atoms with van der Waals surface area (Å²) in [5, 5.41) is 24.6. The van der Waals surface area contributed by atoms with Crippen LogP contribution < -0.4 is 20.7 Å². The maximum atomic E-state index is 13.9. The Morgan fingerprint density at radius 2 is 1.75 bits per heavy atom. The third-order valence-electron chi connectivity index (χ3n) is 9.80. The van der Waals surface area contributed by atoms with E-state index in [0.29, 0.717) is 31.7 Å². The molecule has 15 heteroatoms. The van der Waals surface area contributed by atoms with E-state index in [0.717, 1.165) is 16.7 Å². The number of hydrogen-bond acceptors (Lipinski definition) is 10. The summed E-state index contributed by atoms with van der Waals surface area (Å²) in [6.07, 6.45) is 2.10. The van der Waals surface area contributed by atoms with Crippen LogP contribution in [0.3, 0.4) is 0 Å². The Hall–Kier alpha value is -4.86. The van der Waals surface area contributed by atoms with Crippen LogP contribution >= 0.6 is 0 Å². The number of nitrogens with one attached hydrogen (secondary N) is 3. The minimum Gasteiger partial charge on any atom is -0.496 e. The van der Waals surface area contributed by atoms with Gasteiger partial charge in [-0.3, -0.25) is 24.1 Å². The van der Waals surface area contributed by atoms with Gasteiger partial charge in [0, 0.05) is 38.7 Å². The zero-order valence-electron chi connectivity index (χ0n) is 31.1. The number of aromatic nitrogens is 3. The monoisotopic (exact) mass is 732 g/mol. The predicted octanol–water partition coefficient (Wildman–Crippen LogP) is 0.891. The van der Waals surface area contributed by atoms with Crippen molar-refractivity contribution in [2.45, 2.75) is 89.5 Å². The van der Waals surface area contributed by atoms with Gasteiger partial charge in [-0.25, -0.2) is 9.67 Å². The van der Waals surface area contributed by atoms with E-state index >= 15 is 0 Å². The number of aliphatic hydroxyl groups is 1. The van der Waals surface area contributed by atoms with Crippen LogP contribution in [0.15, 0.2) is 61.2 Å². The fourth-order valence-electron chi connectivity index (χ4n) is 6.82. The first kappa shape index (κ1) is 39.3. The van der Waals surface area contributed by atoms with Crippen LogP contribution in [0.5, 0.6) is 5.75 Å². The van der Waals surface area contributed by atoms with Crippen molar-refractivity contribution >= 4 is 23.6 Å². The lowest BCUT2D eigenvalue weighted by molar-refractivity contribution is -0.142. The third-order valence-corrected chi connectivity index (χ3v) is 9.80. The molecule has 2 aliphatic heterocycles. The Morgan fingerprint density at radius 1 is 0.981 bits per heavy atom. The second kappa shape index (κ2) is 18.3. The van der Waals surface area contributed by atoms with Gasteiger partial charge in [-0.1, -0.05) is 50.2 Å². The molecule has 286 valence electrons. The van der Waals surface area contributed by atoms with Crippen molar-refractivity contribution in [1.82, 2.24) is 40.5 Å². The van der Waals surface area contributed by atoms with Gasteiger partial charge in [-0.05, 0) is 48.9 Å². The molecule has 4 amide bonds. The van der Waals surface area contributed by atoms with Gasteiger partial charge in [0.15, 0.2) is 0 Å². The number of amides is 4. The zero-order chi connectivity index (χ0) is 38.1. The van der Waals surface area contributed by atoms with Gasteiger partial charge in [0.1, 0.15) is 42.6 Å². The SMILES string of the molecule is COc1ccc(CN2CC(=O)N[C@H](CC(C)C)C(=O)N(C)[C@@H](C)C(=O)N[C@@H](Cc3ccccc3)C(=O)N[C@H]3CCO[C@H](C2)[C@H]3O)cc1Cn1cncn1. The van der Waals surface area contributed by atoms with Crippen molar-refractivity contribution < 1.29 is 33.8 Å². The van der Waals surface area contributed by atoms with Gasteiger partial charge in [-0.15, -0.1) is 0 Å². The highest BCUT2D eigenvalue weighted by Crippen LogP contribution is 2.23. The molecule has 2 aromatic carbocycles. The van der Waals surface area contributed by atoms with Crippen molar-refractivity contribution in [3.8, 4) is 5.75 Å². The minimum absolute atomic E-state index is 0.0522. The molecule has 3 heterocycles. The molecule has 2 bridgehead atoms. The van der Waals surface area contributed by atoms with Crippen molar-refractivity contribution in [2.24, 2.45) is 5.92 Å². The highest BCUT2D eigenvalue weighted by atomic mass is 16.5. The molecule has 3 aromatic rings. The van der Waals surface area contributed by atoms with E-state index in [1.807, 2.05) is 67.3 Å².